The van der Waals surface area contributed by atoms with Crippen molar-refractivity contribution in [1.29, 1.82) is 0 Å². The Balaban J connectivity index is 1.69. The molecule has 1 aromatic heterocycles. The summed E-state index contributed by atoms with van der Waals surface area (Å²) in [4.78, 5) is 8.31. The first-order valence-electron chi connectivity index (χ1n) is 9.18. The van der Waals surface area contributed by atoms with Gasteiger partial charge >= 0.3 is 6.18 Å². The zero-order valence-electron chi connectivity index (χ0n) is 16.5. The highest BCUT2D eigenvalue weighted by molar-refractivity contribution is 5.50. The molecule has 0 aliphatic carbocycles. The van der Waals surface area contributed by atoms with E-state index < -0.39 is 17.6 Å². The van der Waals surface area contributed by atoms with Gasteiger partial charge in [-0.25, -0.2) is 9.37 Å². The van der Waals surface area contributed by atoms with Crippen LogP contribution in [0.15, 0.2) is 30.5 Å². The van der Waals surface area contributed by atoms with Crippen LogP contribution < -0.4 is 14.4 Å². The van der Waals surface area contributed by atoms with Crippen LogP contribution in [-0.2, 0) is 6.18 Å². The molecule has 1 fully saturated rings. The largest absolute Gasteiger partial charge is 0.491 e. The molecule has 29 heavy (non-hydrogen) atoms. The summed E-state index contributed by atoms with van der Waals surface area (Å²) in [6.07, 6.45) is -2.98. The third kappa shape index (κ3) is 4.55. The number of ether oxygens (including phenoxy) is 2. The van der Waals surface area contributed by atoms with Crippen LogP contribution in [0.2, 0.25) is 0 Å². The van der Waals surface area contributed by atoms with Crippen molar-refractivity contribution in [3.8, 4) is 11.6 Å². The van der Waals surface area contributed by atoms with E-state index in [-0.39, 0.29) is 6.04 Å². The molecule has 0 radical (unpaired) electrons. The van der Waals surface area contributed by atoms with Gasteiger partial charge in [-0.05, 0) is 36.8 Å². The number of alkyl halides is 3. The predicted molar refractivity (Wildman–Crippen MR) is 101 cm³/mol. The minimum atomic E-state index is -4.71. The zero-order chi connectivity index (χ0) is 21.2. The Morgan fingerprint density at radius 3 is 2.31 bits per heavy atom. The minimum absolute atomic E-state index is 0.0448. The normalized spacial score (nSPS) is 16.6. The number of methoxy groups -OCH3 is 2. The summed E-state index contributed by atoms with van der Waals surface area (Å²) in [5.41, 5.74) is 0.0956. The summed E-state index contributed by atoms with van der Waals surface area (Å²) in [6.45, 7) is 4.41. The van der Waals surface area contributed by atoms with Crippen LogP contribution in [0.1, 0.15) is 24.1 Å². The van der Waals surface area contributed by atoms with Gasteiger partial charge in [-0.1, -0.05) is 0 Å². The third-order valence-corrected chi connectivity index (χ3v) is 5.22. The molecule has 1 atom stereocenters. The third-order valence-electron chi connectivity index (χ3n) is 5.22. The monoisotopic (exact) mass is 413 g/mol. The van der Waals surface area contributed by atoms with Crippen molar-refractivity contribution < 1.29 is 27.0 Å². The number of hydrogen-bond donors (Lipinski definition) is 0. The van der Waals surface area contributed by atoms with Gasteiger partial charge in [0.25, 0.3) is 5.88 Å². The van der Waals surface area contributed by atoms with Gasteiger partial charge in [0.1, 0.15) is 5.82 Å². The van der Waals surface area contributed by atoms with Crippen LogP contribution in [-0.4, -0.2) is 50.3 Å². The van der Waals surface area contributed by atoms with Crippen LogP contribution in [0.5, 0.6) is 11.6 Å². The number of hydrogen-bond acceptors (Lipinski definition) is 5. The van der Waals surface area contributed by atoms with Crippen molar-refractivity contribution in [3.05, 3.63) is 47.4 Å². The lowest BCUT2D eigenvalue weighted by atomic mass is 10.1. The second-order valence-electron chi connectivity index (χ2n) is 6.84. The summed E-state index contributed by atoms with van der Waals surface area (Å²) < 4.78 is 62.9. The van der Waals surface area contributed by atoms with Crippen molar-refractivity contribution in [2.24, 2.45) is 0 Å². The van der Waals surface area contributed by atoms with Crippen molar-refractivity contribution in [3.63, 3.8) is 0 Å². The molecule has 2 aromatic rings. The molecule has 9 heteroatoms. The molecule has 0 saturated carbocycles. The van der Waals surface area contributed by atoms with E-state index in [1.54, 1.807) is 13.3 Å². The number of rotatable bonds is 5. The highest BCUT2D eigenvalue weighted by atomic mass is 19.4. The topological polar surface area (TPSA) is 37.8 Å². The van der Waals surface area contributed by atoms with Crippen LogP contribution in [0.4, 0.5) is 23.2 Å². The summed E-state index contributed by atoms with van der Waals surface area (Å²) in [5, 5.41) is 0. The second kappa shape index (κ2) is 8.44. The van der Waals surface area contributed by atoms with Gasteiger partial charge in [-0.15, -0.1) is 0 Å². The van der Waals surface area contributed by atoms with Crippen molar-refractivity contribution >= 4 is 5.69 Å². The van der Waals surface area contributed by atoms with Crippen LogP contribution >= 0.6 is 0 Å². The number of benzene rings is 1. The minimum Gasteiger partial charge on any atom is -0.491 e. The van der Waals surface area contributed by atoms with Gasteiger partial charge in [0.15, 0.2) is 5.75 Å². The molecule has 158 valence electrons. The Kier molecular flexibility index (Phi) is 6.16. The van der Waals surface area contributed by atoms with Crippen LogP contribution in [0, 0.1) is 5.82 Å². The van der Waals surface area contributed by atoms with Gasteiger partial charge in [0.05, 0.1) is 19.8 Å². The lowest BCUT2D eigenvalue weighted by molar-refractivity contribution is -0.139. The quantitative estimate of drug-likeness (QED) is 0.689. The highest BCUT2D eigenvalue weighted by Crippen LogP contribution is 2.35. The molecule has 0 amide bonds. The fraction of sp³-hybridized carbons (Fsp3) is 0.450. The fourth-order valence-electron chi connectivity index (χ4n) is 3.48. The molecule has 2 heterocycles. The van der Waals surface area contributed by atoms with E-state index >= 15 is 0 Å². The number of aromatic nitrogens is 1. The average Bonchev–Trinajstić information content (AvgIpc) is 2.72. The fourth-order valence-corrected chi connectivity index (χ4v) is 3.48. The van der Waals surface area contributed by atoms with E-state index in [2.05, 4.69) is 9.88 Å². The maximum Gasteiger partial charge on any atom is 0.419 e. The van der Waals surface area contributed by atoms with Crippen LogP contribution in [0.25, 0.3) is 0 Å². The first kappa shape index (κ1) is 21.2. The predicted octanol–water partition coefficient (Wildman–Crippen LogP) is 4.14. The van der Waals surface area contributed by atoms with E-state index in [9.17, 15) is 17.6 Å². The van der Waals surface area contributed by atoms with Gasteiger partial charge in [0, 0.05) is 44.1 Å². The molecule has 1 aromatic carbocycles. The number of halogens is 4. The lowest BCUT2D eigenvalue weighted by Crippen LogP contribution is -2.47. The van der Waals surface area contributed by atoms with Gasteiger partial charge in [-0.2, -0.15) is 13.2 Å². The Bertz CT molecular complexity index is 852. The van der Waals surface area contributed by atoms with E-state index in [0.717, 1.165) is 17.7 Å². The van der Waals surface area contributed by atoms with Crippen molar-refractivity contribution in [2.45, 2.75) is 19.1 Å². The van der Waals surface area contributed by atoms with E-state index in [1.807, 2.05) is 17.9 Å². The van der Waals surface area contributed by atoms with E-state index in [4.69, 9.17) is 9.47 Å². The maximum absolute atomic E-state index is 13.5. The Morgan fingerprint density at radius 1 is 1.03 bits per heavy atom. The number of piperazine rings is 1. The van der Waals surface area contributed by atoms with Gasteiger partial charge in [-0.3, -0.25) is 4.90 Å². The van der Waals surface area contributed by atoms with Crippen molar-refractivity contribution in [2.75, 3.05) is 45.3 Å². The number of nitrogens with zero attached hydrogens (tertiary/aromatic N) is 3. The lowest BCUT2D eigenvalue weighted by Gasteiger charge is -2.39. The molecule has 0 spiro atoms. The van der Waals surface area contributed by atoms with E-state index in [1.165, 1.54) is 13.2 Å². The molecular weight excluding hydrogens is 390 g/mol. The smallest absolute Gasteiger partial charge is 0.419 e. The molecule has 0 bridgehead atoms. The van der Waals surface area contributed by atoms with Gasteiger partial charge < -0.3 is 14.4 Å². The molecule has 3 rings (SSSR count). The molecule has 1 aliphatic rings. The standard InChI is InChI=1S/C20H23F4N3O2/c1-13(14-10-18(28-2)19(29-3)25-12-14)26-6-8-27(9-7-26)15-4-5-17(21)16(11-15)20(22,23)24/h4-5,10-13H,6-9H2,1-3H3/t13-/m0/s1. The van der Waals surface area contributed by atoms with Gasteiger partial charge in [0.2, 0.25) is 0 Å². The summed E-state index contributed by atoms with van der Waals surface area (Å²) in [7, 11) is 3.07. The average molecular weight is 413 g/mol. The molecule has 5 nitrogen and oxygen atoms in total. The Hall–Kier alpha value is -2.55. The molecule has 0 unspecified atom stereocenters. The van der Waals surface area contributed by atoms with E-state index in [0.29, 0.717) is 43.5 Å². The first-order valence-corrected chi connectivity index (χ1v) is 9.18. The molecule has 1 saturated heterocycles. The SMILES string of the molecule is COc1cc([C@H](C)N2CCN(c3ccc(F)c(C(F)(F)F)c3)CC2)cnc1OC. The zero-order valence-corrected chi connectivity index (χ0v) is 16.5. The van der Waals surface area contributed by atoms with Crippen LogP contribution in [0.3, 0.4) is 0 Å². The summed E-state index contributed by atoms with van der Waals surface area (Å²) in [5.74, 6) is -0.305. The second-order valence-corrected chi connectivity index (χ2v) is 6.84. The number of anilines is 1. The summed E-state index contributed by atoms with van der Waals surface area (Å²) >= 11 is 0. The van der Waals surface area contributed by atoms with Crippen molar-refractivity contribution in [1.82, 2.24) is 9.88 Å². The highest BCUT2D eigenvalue weighted by Gasteiger charge is 2.35. The Morgan fingerprint density at radius 2 is 1.72 bits per heavy atom. The number of pyridine rings is 1. The molecule has 0 N–H and O–H groups in total. The first-order chi connectivity index (χ1) is 13.7. The molecule has 1 aliphatic heterocycles. The Labute approximate surface area is 166 Å². The summed E-state index contributed by atoms with van der Waals surface area (Å²) in [6, 6.07) is 5.07. The molecular formula is C20H23F4N3O2. The maximum atomic E-state index is 13.5.